The Morgan fingerprint density at radius 3 is 2.65 bits per heavy atom. The number of hydrogen-bond donors (Lipinski definition) is 2. The van der Waals surface area contributed by atoms with Crippen molar-refractivity contribution in [1.82, 2.24) is 0 Å². The van der Waals surface area contributed by atoms with Gasteiger partial charge >= 0.3 is 0 Å². The highest BCUT2D eigenvalue weighted by Crippen LogP contribution is 2.66. The van der Waals surface area contributed by atoms with E-state index in [-0.39, 0.29) is 23.7 Å². The van der Waals surface area contributed by atoms with Crippen molar-refractivity contribution in [2.75, 3.05) is 0 Å². The molecule has 31 heavy (non-hydrogen) atoms. The lowest BCUT2D eigenvalue weighted by Gasteiger charge is -2.53. The molecular formula is C27H29ClO3. The van der Waals surface area contributed by atoms with Crippen LogP contribution in [0.1, 0.15) is 68.9 Å². The van der Waals surface area contributed by atoms with Crippen LogP contribution in [0.2, 0.25) is 0 Å². The molecule has 4 aliphatic rings. The first-order valence-electron chi connectivity index (χ1n) is 11.4. The van der Waals surface area contributed by atoms with Gasteiger partial charge in [0.1, 0.15) is 5.60 Å². The minimum atomic E-state index is -1.07. The van der Waals surface area contributed by atoms with Crippen LogP contribution in [0.3, 0.4) is 0 Å². The van der Waals surface area contributed by atoms with Crippen LogP contribution in [0.4, 0.5) is 0 Å². The van der Waals surface area contributed by atoms with Gasteiger partial charge in [-0.15, -0.1) is 0 Å². The van der Waals surface area contributed by atoms with E-state index in [4.69, 9.17) is 11.6 Å². The molecule has 2 fully saturated rings. The van der Waals surface area contributed by atoms with E-state index in [1.54, 1.807) is 0 Å². The van der Waals surface area contributed by atoms with Crippen LogP contribution in [0.25, 0.3) is 0 Å². The van der Waals surface area contributed by atoms with Gasteiger partial charge in [-0.25, -0.2) is 0 Å². The lowest BCUT2D eigenvalue weighted by molar-refractivity contribution is -0.114. The van der Waals surface area contributed by atoms with E-state index in [9.17, 15) is 15.0 Å². The number of carbonyl (C=O) groups is 1. The summed E-state index contributed by atoms with van der Waals surface area (Å²) >= 11 is 5.80. The molecular weight excluding hydrogens is 408 g/mol. The van der Waals surface area contributed by atoms with E-state index in [0.717, 1.165) is 37.7 Å². The SMILES string of the molecule is C[C@]12C[C@H](c3ccc(CO)cc3)C3=C4CCC(=O)C=C4CCC3C1CC[C@@]2(O)C#CCl. The Hall–Kier alpha value is -1.86. The van der Waals surface area contributed by atoms with Gasteiger partial charge in [-0.3, -0.25) is 4.79 Å². The van der Waals surface area contributed by atoms with Gasteiger partial charge in [0, 0.05) is 23.1 Å². The van der Waals surface area contributed by atoms with Crippen molar-refractivity contribution in [2.45, 2.75) is 70.0 Å². The van der Waals surface area contributed by atoms with E-state index >= 15 is 0 Å². The average molecular weight is 437 g/mol. The highest BCUT2D eigenvalue weighted by Gasteiger charge is 2.62. The second-order valence-corrected chi connectivity index (χ2v) is 10.2. The topological polar surface area (TPSA) is 57.5 Å². The fourth-order valence-electron chi connectivity index (χ4n) is 7.10. The van der Waals surface area contributed by atoms with Crippen LogP contribution in [0.15, 0.2) is 47.1 Å². The van der Waals surface area contributed by atoms with Crippen LogP contribution < -0.4 is 0 Å². The molecule has 1 aromatic rings. The zero-order chi connectivity index (χ0) is 21.8. The number of aliphatic hydroxyl groups excluding tert-OH is 1. The summed E-state index contributed by atoms with van der Waals surface area (Å²) in [5, 5.41) is 23.6. The lowest BCUT2D eigenvalue weighted by Crippen LogP contribution is -2.51. The molecule has 3 nitrogen and oxygen atoms in total. The molecule has 4 heteroatoms. The maximum Gasteiger partial charge on any atom is 0.156 e. The van der Waals surface area contributed by atoms with Gasteiger partial charge in [-0.1, -0.05) is 42.7 Å². The lowest BCUT2D eigenvalue weighted by atomic mass is 9.51. The quantitative estimate of drug-likeness (QED) is 0.641. The first-order valence-corrected chi connectivity index (χ1v) is 11.8. The largest absolute Gasteiger partial charge is 0.392 e. The number of fused-ring (bicyclic) bond motifs is 4. The molecule has 0 spiro atoms. The summed E-state index contributed by atoms with van der Waals surface area (Å²) in [6.07, 6.45) is 7.69. The molecule has 0 saturated heterocycles. The Morgan fingerprint density at radius 2 is 1.94 bits per heavy atom. The predicted octanol–water partition coefficient (Wildman–Crippen LogP) is 5.01. The van der Waals surface area contributed by atoms with Gasteiger partial charge in [0.15, 0.2) is 5.78 Å². The summed E-state index contributed by atoms with van der Waals surface area (Å²) in [5.41, 5.74) is 4.83. The van der Waals surface area contributed by atoms with Crippen molar-refractivity contribution in [1.29, 1.82) is 0 Å². The maximum absolute atomic E-state index is 12.1. The van der Waals surface area contributed by atoms with Gasteiger partial charge in [-0.2, -0.15) is 0 Å². The van der Waals surface area contributed by atoms with E-state index in [0.29, 0.717) is 24.7 Å². The molecule has 1 aromatic carbocycles. The summed E-state index contributed by atoms with van der Waals surface area (Å²) in [4.78, 5) is 12.1. The Balaban J connectivity index is 1.68. The fraction of sp³-hybridized carbons (Fsp3) is 0.519. The molecule has 5 atom stereocenters. The number of rotatable bonds is 2. The molecule has 162 valence electrons. The van der Waals surface area contributed by atoms with E-state index in [1.807, 2.05) is 18.2 Å². The standard InChI is InChI=1S/C27H29ClO3/c1-26-15-23(18-4-2-17(16-29)3-5-18)25-21-9-7-20(30)14-19(21)6-8-22(25)24(26)10-11-27(26,31)12-13-28/h2-5,14,22-24,29,31H,6-11,15-16H2,1H3/t22?,23-,24?,26+,27-/m1/s1. The third-order valence-electron chi connectivity index (χ3n) is 8.71. The van der Waals surface area contributed by atoms with Crippen molar-refractivity contribution < 1.29 is 15.0 Å². The summed E-state index contributed by atoms with van der Waals surface area (Å²) in [5.74, 6) is 4.15. The van der Waals surface area contributed by atoms with E-state index < -0.39 is 5.60 Å². The minimum absolute atomic E-state index is 0.0291. The number of halogens is 1. The summed E-state index contributed by atoms with van der Waals surface area (Å²) in [6.45, 7) is 2.24. The first-order chi connectivity index (χ1) is 14.9. The molecule has 4 aliphatic carbocycles. The van der Waals surface area contributed by atoms with Gasteiger partial charge in [0.05, 0.1) is 6.61 Å². The Bertz CT molecular complexity index is 1040. The molecule has 0 aliphatic heterocycles. The highest BCUT2D eigenvalue weighted by atomic mass is 35.5. The van der Waals surface area contributed by atoms with Crippen molar-refractivity contribution in [3.05, 3.63) is 58.2 Å². The minimum Gasteiger partial charge on any atom is -0.392 e. The number of aliphatic hydroxyl groups is 2. The third kappa shape index (κ3) is 3.15. The zero-order valence-corrected chi connectivity index (χ0v) is 18.7. The first kappa shape index (κ1) is 21.0. The van der Waals surface area contributed by atoms with Crippen LogP contribution >= 0.6 is 11.6 Å². The molecule has 0 bridgehead atoms. The average Bonchev–Trinajstić information content (AvgIpc) is 3.03. The van der Waals surface area contributed by atoms with Crippen LogP contribution in [0, 0.1) is 28.6 Å². The molecule has 2 unspecified atom stereocenters. The monoisotopic (exact) mass is 436 g/mol. The Kier molecular flexibility index (Phi) is 5.17. The summed E-state index contributed by atoms with van der Waals surface area (Å²) in [6, 6.07) is 8.23. The highest BCUT2D eigenvalue weighted by molar-refractivity contribution is 6.30. The third-order valence-corrected chi connectivity index (χ3v) is 8.80. The molecule has 2 saturated carbocycles. The maximum atomic E-state index is 12.1. The Morgan fingerprint density at radius 1 is 1.16 bits per heavy atom. The molecule has 2 N–H and O–H groups in total. The van der Waals surface area contributed by atoms with Crippen molar-refractivity contribution >= 4 is 17.4 Å². The van der Waals surface area contributed by atoms with E-state index in [1.165, 1.54) is 22.3 Å². The molecule has 0 radical (unpaired) electrons. The number of ketones is 1. The van der Waals surface area contributed by atoms with Crippen LogP contribution in [0.5, 0.6) is 0 Å². The number of benzene rings is 1. The number of allylic oxidation sites excluding steroid dienone is 4. The second-order valence-electron chi connectivity index (χ2n) is 10.0. The van der Waals surface area contributed by atoms with Gasteiger partial charge < -0.3 is 10.2 Å². The second kappa shape index (κ2) is 7.62. The van der Waals surface area contributed by atoms with Gasteiger partial charge in [-0.05, 0) is 90.3 Å². The smallest absolute Gasteiger partial charge is 0.156 e. The molecule has 0 aromatic heterocycles. The molecule has 0 amide bonds. The predicted molar refractivity (Wildman–Crippen MR) is 121 cm³/mol. The Labute approximate surface area is 189 Å². The van der Waals surface area contributed by atoms with Crippen LogP contribution in [-0.4, -0.2) is 21.6 Å². The molecule has 0 heterocycles. The zero-order valence-electron chi connectivity index (χ0n) is 18.0. The molecule has 5 rings (SSSR count). The number of hydrogen-bond acceptors (Lipinski definition) is 3. The van der Waals surface area contributed by atoms with Gasteiger partial charge in [0.2, 0.25) is 0 Å². The normalized spacial score (nSPS) is 36.7. The van der Waals surface area contributed by atoms with Gasteiger partial charge in [0.25, 0.3) is 0 Å². The summed E-state index contributed by atoms with van der Waals surface area (Å²) < 4.78 is 0. The summed E-state index contributed by atoms with van der Waals surface area (Å²) in [7, 11) is 0. The van der Waals surface area contributed by atoms with Crippen molar-refractivity contribution in [3.8, 4) is 11.3 Å². The van der Waals surface area contributed by atoms with E-state index in [2.05, 4.69) is 30.4 Å². The van der Waals surface area contributed by atoms with Crippen molar-refractivity contribution in [2.24, 2.45) is 17.3 Å². The van der Waals surface area contributed by atoms with Crippen LogP contribution in [-0.2, 0) is 11.4 Å². The fourth-order valence-corrected chi connectivity index (χ4v) is 7.26. The van der Waals surface area contributed by atoms with Crippen molar-refractivity contribution in [3.63, 3.8) is 0 Å². The number of carbonyl (C=O) groups excluding carboxylic acids is 1.